The minimum absolute atomic E-state index is 0. The standard InChI is InChI=1S/C11H17N2O7P.CH4/c1-6-3-13(11(16)12-10(6)15)9-2-7(5-21(17,18)19)8(4-14)20-9;/h3,7-9,14H,2,4-5H2,1H3,(H,12,15,16)(H2,17,18,19);1H4/t7-,8-,9-;/m1./s1. The van der Waals surface area contributed by atoms with E-state index in [9.17, 15) is 19.3 Å². The van der Waals surface area contributed by atoms with Crippen LogP contribution >= 0.6 is 7.60 Å². The van der Waals surface area contributed by atoms with Gasteiger partial charge < -0.3 is 19.6 Å². The van der Waals surface area contributed by atoms with E-state index in [4.69, 9.17) is 14.5 Å². The Kier molecular flexibility index (Phi) is 5.89. The quantitative estimate of drug-likeness (QED) is 0.546. The van der Waals surface area contributed by atoms with Crippen molar-refractivity contribution < 1.29 is 24.2 Å². The number of nitrogens with zero attached hydrogens (tertiary/aromatic N) is 1. The molecule has 0 radical (unpaired) electrons. The molecule has 1 aromatic heterocycles. The van der Waals surface area contributed by atoms with Crippen molar-refractivity contribution in [3.8, 4) is 0 Å². The predicted octanol–water partition coefficient (Wildman–Crippen LogP) is -0.445. The molecule has 0 unspecified atom stereocenters. The van der Waals surface area contributed by atoms with Gasteiger partial charge in [-0.05, 0) is 13.3 Å². The first-order chi connectivity index (χ1) is 9.71. The van der Waals surface area contributed by atoms with Crippen LogP contribution in [-0.2, 0) is 9.30 Å². The lowest BCUT2D eigenvalue weighted by molar-refractivity contribution is -0.0314. The van der Waals surface area contributed by atoms with Gasteiger partial charge in [-0.25, -0.2) is 4.79 Å². The number of hydrogen-bond donors (Lipinski definition) is 4. The zero-order chi connectivity index (χ0) is 15.8. The Morgan fingerprint density at radius 1 is 1.45 bits per heavy atom. The van der Waals surface area contributed by atoms with E-state index in [2.05, 4.69) is 4.98 Å². The van der Waals surface area contributed by atoms with Gasteiger partial charge >= 0.3 is 13.3 Å². The van der Waals surface area contributed by atoms with Gasteiger partial charge in [0.15, 0.2) is 0 Å². The molecule has 0 amide bonds. The van der Waals surface area contributed by atoms with Crippen LogP contribution in [0.5, 0.6) is 0 Å². The summed E-state index contributed by atoms with van der Waals surface area (Å²) in [5, 5.41) is 9.24. The lowest BCUT2D eigenvalue weighted by Crippen LogP contribution is -2.33. The molecule has 0 saturated carbocycles. The zero-order valence-electron chi connectivity index (χ0n) is 11.3. The summed E-state index contributed by atoms with van der Waals surface area (Å²) in [4.78, 5) is 43.3. The summed E-state index contributed by atoms with van der Waals surface area (Å²) in [7, 11) is -4.25. The molecule has 1 aliphatic heterocycles. The van der Waals surface area contributed by atoms with Crippen molar-refractivity contribution in [1.29, 1.82) is 0 Å². The second-order valence-electron chi connectivity index (χ2n) is 5.13. The van der Waals surface area contributed by atoms with Crippen LogP contribution < -0.4 is 11.2 Å². The molecule has 0 aromatic carbocycles. The SMILES string of the molecule is C.Cc1cn([C@H]2C[C@H](CP(=O)(O)O)[C@@H](CO)O2)c(=O)[nH]c1=O. The van der Waals surface area contributed by atoms with Gasteiger partial charge in [-0.1, -0.05) is 7.43 Å². The van der Waals surface area contributed by atoms with Gasteiger partial charge in [-0.3, -0.25) is 18.9 Å². The molecule has 1 saturated heterocycles. The van der Waals surface area contributed by atoms with Crippen LogP contribution in [-0.4, -0.2) is 43.3 Å². The molecule has 10 heteroatoms. The maximum absolute atomic E-state index is 11.8. The fourth-order valence-corrected chi connectivity index (χ4v) is 3.44. The molecule has 9 nitrogen and oxygen atoms in total. The minimum atomic E-state index is -4.25. The molecule has 0 spiro atoms. The Hall–Kier alpha value is -1.25. The van der Waals surface area contributed by atoms with Crippen molar-refractivity contribution >= 4 is 7.60 Å². The molecular formula is C12H21N2O7P. The molecule has 1 aliphatic rings. The van der Waals surface area contributed by atoms with Crippen LogP contribution in [0, 0.1) is 12.8 Å². The molecule has 126 valence electrons. The molecular weight excluding hydrogens is 315 g/mol. The van der Waals surface area contributed by atoms with E-state index < -0.39 is 49.9 Å². The number of rotatable bonds is 4. The van der Waals surface area contributed by atoms with Crippen molar-refractivity contribution in [2.24, 2.45) is 5.92 Å². The van der Waals surface area contributed by atoms with Crippen LogP contribution in [0.15, 0.2) is 15.8 Å². The van der Waals surface area contributed by atoms with Crippen LogP contribution in [0.4, 0.5) is 0 Å². The van der Waals surface area contributed by atoms with E-state index in [0.29, 0.717) is 5.56 Å². The number of nitrogens with one attached hydrogen (secondary N) is 1. The van der Waals surface area contributed by atoms with Gasteiger partial charge in [-0.15, -0.1) is 0 Å². The summed E-state index contributed by atoms with van der Waals surface area (Å²) in [5.74, 6) is -0.569. The second kappa shape index (κ2) is 6.89. The Morgan fingerprint density at radius 3 is 2.64 bits per heavy atom. The average molecular weight is 336 g/mol. The summed E-state index contributed by atoms with van der Waals surface area (Å²) in [6, 6.07) is 0. The molecule has 1 fully saturated rings. The maximum atomic E-state index is 11.8. The number of aromatic amines is 1. The number of hydrogen-bond acceptors (Lipinski definition) is 5. The summed E-state index contributed by atoms with van der Waals surface area (Å²) in [6.45, 7) is 1.12. The van der Waals surface area contributed by atoms with E-state index in [0.717, 1.165) is 0 Å². The normalized spacial score (nSPS) is 25.0. The molecule has 4 N–H and O–H groups in total. The highest BCUT2D eigenvalue weighted by molar-refractivity contribution is 7.51. The number of aryl methyl sites for hydroxylation is 1. The van der Waals surface area contributed by atoms with Crippen LogP contribution in [0.1, 0.15) is 25.6 Å². The third-order valence-corrected chi connectivity index (χ3v) is 4.42. The summed E-state index contributed by atoms with van der Waals surface area (Å²) in [6.07, 6.45) is -0.461. The monoisotopic (exact) mass is 336 g/mol. The van der Waals surface area contributed by atoms with Crippen LogP contribution in [0.3, 0.4) is 0 Å². The van der Waals surface area contributed by atoms with Crippen LogP contribution in [0.2, 0.25) is 0 Å². The highest BCUT2D eigenvalue weighted by atomic mass is 31.2. The first kappa shape index (κ1) is 18.8. The first-order valence-electron chi connectivity index (χ1n) is 6.34. The smallest absolute Gasteiger partial charge is 0.330 e. The second-order valence-corrected chi connectivity index (χ2v) is 6.83. The molecule has 22 heavy (non-hydrogen) atoms. The molecule has 2 rings (SSSR count). The Balaban J connectivity index is 0.00000242. The fourth-order valence-electron chi connectivity index (χ4n) is 2.45. The van der Waals surface area contributed by atoms with Crippen LogP contribution in [0.25, 0.3) is 0 Å². The van der Waals surface area contributed by atoms with Gasteiger partial charge in [0.1, 0.15) is 6.23 Å². The highest BCUT2D eigenvalue weighted by Gasteiger charge is 2.39. The summed E-state index contributed by atoms with van der Waals surface area (Å²) in [5.41, 5.74) is -0.846. The minimum Gasteiger partial charge on any atom is -0.394 e. The Morgan fingerprint density at radius 2 is 2.09 bits per heavy atom. The van der Waals surface area contributed by atoms with Gasteiger partial charge in [0.25, 0.3) is 5.56 Å². The van der Waals surface area contributed by atoms with Crippen molar-refractivity contribution in [3.05, 3.63) is 32.6 Å². The van der Waals surface area contributed by atoms with E-state index in [1.54, 1.807) is 0 Å². The topological polar surface area (TPSA) is 142 Å². The van der Waals surface area contributed by atoms with Gasteiger partial charge in [0.05, 0.1) is 18.9 Å². The van der Waals surface area contributed by atoms with E-state index >= 15 is 0 Å². The highest BCUT2D eigenvalue weighted by Crippen LogP contribution is 2.44. The van der Waals surface area contributed by atoms with Gasteiger partial charge in [0, 0.05) is 17.7 Å². The van der Waals surface area contributed by atoms with Crippen molar-refractivity contribution in [3.63, 3.8) is 0 Å². The molecule has 1 aromatic rings. The van der Waals surface area contributed by atoms with Crippen molar-refractivity contribution in [2.45, 2.75) is 33.1 Å². The average Bonchev–Trinajstić information content (AvgIpc) is 2.74. The number of aromatic nitrogens is 2. The Bertz CT molecular complexity index is 677. The summed E-state index contributed by atoms with van der Waals surface area (Å²) >= 11 is 0. The summed E-state index contributed by atoms with van der Waals surface area (Å²) < 4.78 is 17.7. The van der Waals surface area contributed by atoms with Crippen molar-refractivity contribution in [1.82, 2.24) is 9.55 Å². The molecule has 2 heterocycles. The van der Waals surface area contributed by atoms with E-state index in [1.807, 2.05) is 0 Å². The molecule has 0 bridgehead atoms. The Labute approximate surface area is 126 Å². The van der Waals surface area contributed by atoms with Gasteiger partial charge in [0.2, 0.25) is 0 Å². The third kappa shape index (κ3) is 4.15. The van der Waals surface area contributed by atoms with Gasteiger partial charge in [-0.2, -0.15) is 0 Å². The largest absolute Gasteiger partial charge is 0.394 e. The zero-order valence-corrected chi connectivity index (χ0v) is 12.2. The van der Waals surface area contributed by atoms with Crippen molar-refractivity contribution in [2.75, 3.05) is 12.8 Å². The number of ether oxygens (including phenoxy) is 1. The number of aliphatic hydroxyl groups excluding tert-OH is 1. The predicted molar refractivity (Wildman–Crippen MR) is 78.8 cm³/mol. The maximum Gasteiger partial charge on any atom is 0.330 e. The number of aliphatic hydroxyl groups is 1. The lowest BCUT2D eigenvalue weighted by atomic mass is 10.0. The van der Waals surface area contributed by atoms with E-state index in [-0.39, 0.29) is 13.8 Å². The number of H-pyrrole nitrogens is 1. The third-order valence-electron chi connectivity index (χ3n) is 3.47. The first-order valence-corrected chi connectivity index (χ1v) is 8.14. The lowest BCUT2D eigenvalue weighted by Gasteiger charge is -2.16. The molecule has 3 atom stereocenters. The molecule has 0 aliphatic carbocycles. The fraction of sp³-hybridized carbons (Fsp3) is 0.667. The van der Waals surface area contributed by atoms with E-state index in [1.165, 1.54) is 17.7 Å².